The van der Waals surface area contributed by atoms with Gasteiger partial charge in [0.1, 0.15) is 5.75 Å². The Morgan fingerprint density at radius 3 is 2.90 bits per heavy atom. The molecule has 0 spiro atoms. The third kappa shape index (κ3) is 6.62. The molecule has 2 aliphatic rings. The van der Waals surface area contributed by atoms with Crippen molar-refractivity contribution >= 4 is 35.6 Å². The summed E-state index contributed by atoms with van der Waals surface area (Å²) in [4.78, 5) is 7.23. The molecule has 30 heavy (non-hydrogen) atoms. The maximum atomic E-state index is 9.41. The summed E-state index contributed by atoms with van der Waals surface area (Å²) >= 11 is 0. The van der Waals surface area contributed by atoms with Crippen molar-refractivity contribution < 1.29 is 14.6 Å². The van der Waals surface area contributed by atoms with E-state index in [1.54, 1.807) is 7.11 Å². The smallest absolute Gasteiger partial charge is 0.191 e. The molecule has 7 nitrogen and oxygen atoms in total. The molecule has 0 aliphatic carbocycles. The number of hydrogen-bond donors (Lipinski definition) is 3. The molecule has 0 radical (unpaired) electrons. The van der Waals surface area contributed by atoms with Crippen LogP contribution in [0.15, 0.2) is 29.3 Å². The molecule has 0 amide bonds. The lowest BCUT2D eigenvalue weighted by molar-refractivity contribution is 0.131. The molecule has 2 aliphatic heterocycles. The van der Waals surface area contributed by atoms with Gasteiger partial charge in [-0.1, -0.05) is 12.1 Å². The lowest BCUT2D eigenvalue weighted by Crippen LogP contribution is -2.41. The quantitative estimate of drug-likeness (QED) is 0.258. The van der Waals surface area contributed by atoms with Crippen LogP contribution in [0, 0.1) is 11.3 Å². The number of nitrogens with one attached hydrogen (secondary N) is 2. The number of hydrogen-bond acceptors (Lipinski definition) is 5. The second kappa shape index (κ2) is 12.6. The van der Waals surface area contributed by atoms with Gasteiger partial charge in [-0.3, -0.25) is 4.99 Å². The molecule has 8 heteroatoms. The molecular weight excluding hydrogens is 495 g/mol. The first-order chi connectivity index (χ1) is 14.2. The van der Waals surface area contributed by atoms with E-state index in [9.17, 15) is 5.11 Å². The normalized spacial score (nSPS) is 23.9. The fraction of sp³-hybridized carbons (Fsp3) is 0.682. The Labute approximate surface area is 197 Å². The van der Waals surface area contributed by atoms with E-state index in [2.05, 4.69) is 34.6 Å². The third-order valence-corrected chi connectivity index (χ3v) is 6.01. The number of aliphatic imine (C=N–C) groups is 1. The first-order valence-electron chi connectivity index (χ1n) is 10.8. The van der Waals surface area contributed by atoms with E-state index in [1.165, 1.54) is 5.69 Å². The number of methoxy groups -OCH3 is 1. The van der Waals surface area contributed by atoms with E-state index in [0.29, 0.717) is 19.1 Å². The highest BCUT2D eigenvalue weighted by Crippen LogP contribution is 2.33. The van der Waals surface area contributed by atoms with Crippen molar-refractivity contribution in [1.82, 2.24) is 10.6 Å². The van der Waals surface area contributed by atoms with Crippen molar-refractivity contribution in [2.45, 2.75) is 26.2 Å². The van der Waals surface area contributed by atoms with Crippen LogP contribution in [0.3, 0.4) is 0 Å². The zero-order valence-corrected chi connectivity index (χ0v) is 20.6. The van der Waals surface area contributed by atoms with Crippen LogP contribution >= 0.6 is 24.0 Å². The highest BCUT2D eigenvalue weighted by molar-refractivity contribution is 14.0. The maximum Gasteiger partial charge on any atom is 0.191 e. The number of guanidine groups is 1. The Hall–Kier alpha value is -1.26. The molecule has 0 aromatic heterocycles. The van der Waals surface area contributed by atoms with Crippen molar-refractivity contribution in [1.29, 1.82) is 0 Å². The van der Waals surface area contributed by atoms with E-state index in [1.807, 2.05) is 12.1 Å². The molecule has 3 N–H and O–H groups in total. The largest absolute Gasteiger partial charge is 0.495 e. The molecule has 2 heterocycles. The summed E-state index contributed by atoms with van der Waals surface area (Å²) in [5.41, 5.74) is 1.15. The minimum absolute atomic E-state index is 0. The Morgan fingerprint density at radius 2 is 2.20 bits per heavy atom. The summed E-state index contributed by atoms with van der Waals surface area (Å²) in [6.07, 6.45) is 2.85. The van der Waals surface area contributed by atoms with Crippen molar-refractivity contribution in [2.75, 3.05) is 64.6 Å². The minimum Gasteiger partial charge on any atom is -0.495 e. The monoisotopic (exact) mass is 532 g/mol. The van der Waals surface area contributed by atoms with Gasteiger partial charge in [0.15, 0.2) is 5.96 Å². The number of aliphatic hydroxyl groups excluding tert-OH is 1. The molecule has 0 bridgehead atoms. The average Bonchev–Trinajstić information content (AvgIpc) is 3.40. The summed E-state index contributed by atoms with van der Waals surface area (Å²) in [6.45, 7) is 8.16. The lowest BCUT2D eigenvalue weighted by atomic mass is 9.84. The maximum absolute atomic E-state index is 9.41. The molecule has 2 unspecified atom stereocenters. The number of benzene rings is 1. The predicted molar refractivity (Wildman–Crippen MR) is 132 cm³/mol. The number of nitrogens with zero attached hydrogens (tertiary/aromatic N) is 2. The van der Waals surface area contributed by atoms with Crippen molar-refractivity contribution in [3.8, 4) is 5.75 Å². The van der Waals surface area contributed by atoms with Crippen LogP contribution in [0.1, 0.15) is 26.2 Å². The number of ether oxygens (including phenoxy) is 2. The van der Waals surface area contributed by atoms with Crippen LogP contribution in [0.2, 0.25) is 0 Å². The summed E-state index contributed by atoms with van der Waals surface area (Å²) in [5.74, 6) is 2.35. The van der Waals surface area contributed by atoms with Crippen molar-refractivity contribution in [3.05, 3.63) is 24.3 Å². The first-order valence-corrected chi connectivity index (χ1v) is 10.8. The van der Waals surface area contributed by atoms with Gasteiger partial charge in [-0.15, -0.1) is 24.0 Å². The Bertz CT molecular complexity index is 668. The number of anilines is 1. The molecule has 1 aromatic carbocycles. The lowest BCUT2D eigenvalue weighted by Gasteiger charge is -2.25. The summed E-state index contributed by atoms with van der Waals surface area (Å²) in [5, 5.41) is 16.3. The average molecular weight is 532 g/mol. The topological polar surface area (TPSA) is 78.4 Å². The minimum atomic E-state index is -0.0227. The third-order valence-electron chi connectivity index (χ3n) is 6.01. The van der Waals surface area contributed by atoms with E-state index >= 15 is 0 Å². The van der Waals surface area contributed by atoms with E-state index in [4.69, 9.17) is 14.5 Å². The summed E-state index contributed by atoms with van der Waals surface area (Å²) < 4.78 is 11.1. The number of aliphatic hydroxyl groups is 1. The Kier molecular flexibility index (Phi) is 10.5. The molecule has 2 saturated heterocycles. The molecule has 170 valence electrons. The zero-order chi connectivity index (χ0) is 20.5. The SMILES string of the molecule is CCNC(=NCC1(CCO)CCOC1)NCC1CCN(c2ccccc2OC)C1.I. The van der Waals surface area contributed by atoms with Gasteiger partial charge >= 0.3 is 0 Å². The zero-order valence-electron chi connectivity index (χ0n) is 18.2. The second-order valence-corrected chi connectivity index (χ2v) is 8.12. The highest BCUT2D eigenvalue weighted by Gasteiger charge is 2.34. The standard InChI is InChI=1S/C22H36N4O3.HI/c1-3-23-21(25-16-22(9-12-27)10-13-29-17-22)24-14-18-8-11-26(15-18)19-6-4-5-7-20(19)28-2;/h4-7,18,27H,3,8-17H2,1-2H3,(H2,23,24,25);1H. The van der Waals surface area contributed by atoms with Crippen LogP contribution in [-0.2, 0) is 4.74 Å². The molecule has 2 fully saturated rings. The fourth-order valence-corrected chi connectivity index (χ4v) is 4.23. The van der Waals surface area contributed by atoms with Crippen LogP contribution in [-0.4, -0.2) is 70.7 Å². The van der Waals surface area contributed by atoms with E-state index < -0.39 is 0 Å². The molecule has 0 saturated carbocycles. The van der Waals surface area contributed by atoms with Crippen LogP contribution in [0.5, 0.6) is 5.75 Å². The Balaban J connectivity index is 0.00000320. The van der Waals surface area contributed by atoms with E-state index in [0.717, 1.165) is 63.8 Å². The highest BCUT2D eigenvalue weighted by atomic mass is 127. The van der Waals surface area contributed by atoms with Gasteiger partial charge in [0.2, 0.25) is 0 Å². The molecule has 2 atom stereocenters. The molecular formula is C22H37IN4O3. The number of halogens is 1. The molecule has 3 rings (SSSR count). The van der Waals surface area contributed by atoms with Crippen LogP contribution < -0.4 is 20.3 Å². The molecule has 1 aromatic rings. The Morgan fingerprint density at radius 1 is 1.37 bits per heavy atom. The van der Waals surface area contributed by atoms with Crippen LogP contribution in [0.25, 0.3) is 0 Å². The van der Waals surface area contributed by atoms with Gasteiger partial charge in [-0.2, -0.15) is 0 Å². The van der Waals surface area contributed by atoms with Gasteiger partial charge in [-0.05, 0) is 44.2 Å². The van der Waals surface area contributed by atoms with Gasteiger partial charge in [0.25, 0.3) is 0 Å². The van der Waals surface area contributed by atoms with Crippen molar-refractivity contribution in [2.24, 2.45) is 16.3 Å². The van der Waals surface area contributed by atoms with Gasteiger partial charge < -0.3 is 30.1 Å². The first kappa shape index (κ1) is 25.0. The predicted octanol–water partition coefficient (Wildman–Crippen LogP) is 2.48. The summed E-state index contributed by atoms with van der Waals surface area (Å²) in [7, 11) is 1.73. The second-order valence-electron chi connectivity index (χ2n) is 8.12. The fourth-order valence-electron chi connectivity index (χ4n) is 4.23. The summed E-state index contributed by atoms with van der Waals surface area (Å²) in [6, 6.07) is 8.22. The van der Waals surface area contributed by atoms with Crippen LogP contribution in [0.4, 0.5) is 5.69 Å². The number of rotatable bonds is 9. The van der Waals surface area contributed by atoms with Gasteiger partial charge in [0, 0.05) is 44.8 Å². The van der Waals surface area contributed by atoms with Gasteiger partial charge in [-0.25, -0.2) is 0 Å². The van der Waals surface area contributed by atoms with Crippen molar-refractivity contribution in [3.63, 3.8) is 0 Å². The number of para-hydroxylation sites is 2. The van der Waals surface area contributed by atoms with Gasteiger partial charge in [0.05, 0.1) is 25.9 Å². The van der Waals surface area contributed by atoms with E-state index in [-0.39, 0.29) is 36.0 Å².